The Morgan fingerprint density at radius 1 is 1.46 bits per heavy atom. The van der Waals surface area contributed by atoms with Crippen LogP contribution < -0.4 is 0 Å². The fourth-order valence-corrected chi connectivity index (χ4v) is 1.42. The van der Waals surface area contributed by atoms with Gasteiger partial charge in [-0.25, -0.2) is 0 Å². The monoisotopic (exact) mass is 176 g/mol. The molecule has 0 aliphatic carbocycles. The van der Waals surface area contributed by atoms with Crippen LogP contribution in [0.3, 0.4) is 0 Å². The van der Waals surface area contributed by atoms with Crippen LogP contribution in [0.25, 0.3) is 10.9 Å². The smallest absolute Gasteiger partial charge is 0.0729 e. The molecule has 2 aromatic rings. The molecule has 1 aromatic carbocycles. The maximum absolute atomic E-state index is 9.01. The molecule has 1 heterocycles. The summed E-state index contributed by atoms with van der Waals surface area (Å²) in [5.74, 6) is 0. The summed E-state index contributed by atoms with van der Waals surface area (Å²) in [6, 6.07) is 8.03. The first-order valence-corrected chi connectivity index (χ1v) is 4.36. The van der Waals surface area contributed by atoms with Crippen molar-refractivity contribution in [2.24, 2.45) is 0 Å². The van der Waals surface area contributed by atoms with Gasteiger partial charge >= 0.3 is 0 Å². The Morgan fingerprint density at radius 3 is 3.00 bits per heavy atom. The van der Waals surface area contributed by atoms with Crippen LogP contribution in [0.2, 0.25) is 0 Å². The van der Waals surface area contributed by atoms with Crippen LogP contribution in [-0.4, -0.2) is 21.5 Å². The lowest BCUT2D eigenvalue weighted by atomic mass is 10.2. The van der Waals surface area contributed by atoms with Gasteiger partial charge in [0.2, 0.25) is 0 Å². The summed E-state index contributed by atoms with van der Waals surface area (Å²) in [5, 5.41) is 14.3. The van der Waals surface area contributed by atoms with Gasteiger partial charge < -0.3 is 5.11 Å². The van der Waals surface area contributed by atoms with Crippen molar-refractivity contribution in [3.05, 3.63) is 30.5 Å². The standard InChI is InChI=1S/C10H12N2O/c1-8(7-13)12-10-5-3-2-4-9(10)6-11-12/h2-6,8,13H,7H2,1H3/t8-/m0/s1. The van der Waals surface area contributed by atoms with Gasteiger partial charge in [0.1, 0.15) is 0 Å². The molecule has 0 fully saturated rings. The topological polar surface area (TPSA) is 38.0 Å². The van der Waals surface area contributed by atoms with Crippen LogP contribution in [0.4, 0.5) is 0 Å². The van der Waals surface area contributed by atoms with Gasteiger partial charge in [0.05, 0.1) is 24.4 Å². The van der Waals surface area contributed by atoms with E-state index in [0.717, 1.165) is 10.9 Å². The van der Waals surface area contributed by atoms with E-state index in [-0.39, 0.29) is 12.6 Å². The molecular weight excluding hydrogens is 164 g/mol. The predicted molar refractivity (Wildman–Crippen MR) is 51.5 cm³/mol. The maximum Gasteiger partial charge on any atom is 0.0729 e. The lowest BCUT2D eigenvalue weighted by molar-refractivity contribution is 0.233. The first kappa shape index (κ1) is 8.26. The van der Waals surface area contributed by atoms with Gasteiger partial charge in [0.15, 0.2) is 0 Å². The lowest BCUT2D eigenvalue weighted by Gasteiger charge is -2.09. The summed E-state index contributed by atoms with van der Waals surface area (Å²) in [5.41, 5.74) is 1.07. The Hall–Kier alpha value is -1.35. The molecule has 0 spiro atoms. The third-order valence-corrected chi connectivity index (χ3v) is 2.19. The average molecular weight is 176 g/mol. The molecule has 0 saturated heterocycles. The molecule has 0 aliphatic heterocycles. The number of aliphatic hydroxyl groups excluding tert-OH is 1. The minimum absolute atomic E-state index is 0.0416. The van der Waals surface area contributed by atoms with Gasteiger partial charge in [-0.1, -0.05) is 18.2 Å². The largest absolute Gasteiger partial charge is 0.394 e. The quantitative estimate of drug-likeness (QED) is 0.754. The first-order chi connectivity index (χ1) is 6.33. The number of nitrogens with zero attached hydrogens (tertiary/aromatic N) is 2. The fraction of sp³-hybridized carbons (Fsp3) is 0.300. The summed E-state index contributed by atoms with van der Waals surface area (Å²) >= 11 is 0. The zero-order valence-electron chi connectivity index (χ0n) is 7.51. The van der Waals surface area contributed by atoms with Crippen molar-refractivity contribution in [3.63, 3.8) is 0 Å². The average Bonchev–Trinajstić information content (AvgIpc) is 2.60. The zero-order valence-corrected chi connectivity index (χ0v) is 7.51. The van der Waals surface area contributed by atoms with E-state index in [1.165, 1.54) is 0 Å². The van der Waals surface area contributed by atoms with Crippen LogP contribution in [0, 0.1) is 0 Å². The van der Waals surface area contributed by atoms with Gasteiger partial charge in [-0.2, -0.15) is 5.10 Å². The number of aliphatic hydroxyl groups is 1. The second-order valence-corrected chi connectivity index (χ2v) is 3.18. The van der Waals surface area contributed by atoms with Gasteiger partial charge in [-0.15, -0.1) is 0 Å². The van der Waals surface area contributed by atoms with E-state index in [0.29, 0.717) is 0 Å². The highest BCUT2D eigenvalue weighted by atomic mass is 16.3. The molecule has 0 saturated carbocycles. The van der Waals surface area contributed by atoms with Gasteiger partial charge in [0, 0.05) is 5.39 Å². The maximum atomic E-state index is 9.01. The molecule has 1 atom stereocenters. The minimum Gasteiger partial charge on any atom is -0.394 e. The Morgan fingerprint density at radius 2 is 2.23 bits per heavy atom. The molecule has 0 bridgehead atoms. The van der Waals surface area contributed by atoms with Gasteiger partial charge in [-0.05, 0) is 13.0 Å². The molecule has 13 heavy (non-hydrogen) atoms. The van der Waals surface area contributed by atoms with E-state index < -0.39 is 0 Å². The second-order valence-electron chi connectivity index (χ2n) is 3.18. The number of rotatable bonds is 2. The molecule has 1 N–H and O–H groups in total. The number of hydrogen-bond acceptors (Lipinski definition) is 2. The van der Waals surface area contributed by atoms with Crippen molar-refractivity contribution in [2.75, 3.05) is 6.61 Å². The van der Waals surface area contributed by atoms with Crippen LogP contribution in [-0.2, 0) is 0 Å². The predicted octanol–water partition coefficient (Wildman–Crippen LogP) is 1.59. The highest BCUT2D eigenvalue weighted by molar-refractivity contribution is 5.78. The van der Waals surface area contributed by atoms with E-state index >= 15 is 0 Å². The van der Waals surface area contributed by atoms with Crippen molar-refractivity contribution in [3.8, 4) is 0 Å². The summed E-state index contributed by atoms with van der Waals surface area (Å²) in [4.78, 5) is 0. The second kappa shape index (κ2) is 3.18. The van der Waals surface area contributed by atoms with E-state index in [2.05, 4.69) is 5.10 Å². The Bertz CT molecular complexity index is 408. The third-order valence-electron chi connectivity index (χ3n) is 2.19. The van der Waals surface area contributed by atoms with Crippen molar-refractivity contribution < 1.29 is 5.11 Å². The van der Waals surface area contributed by atoms with E-state index in [1.807, 2.05) is 42.1 Å². The van der Waals surface area contributed by atoms with Crippen LogP contribution in [0.15, 0.2) is 30.5 Å². The van der Waals surface area contributed by atoms with Crippen LogP contribution >= 0.6 is 0 Å². The van der Waals surface area contributed by atoms with E-state index in [9.17, 15) is 0 Å². The number of fused-ring (bicyclic) bond motifs is 1. The molecule has 2 rings (SSSR count). The SMILES string of the molecule is C[C@@H](CO)n1ncc2ccccc21. The molecule has 0 aliphatic rings. The molecule has 1 aromatic heterocycles. The van der Waals surface area contributed by atoms with Gasteiger partial charge in [-0.3, -0.25) is 4.68 Å². The Kier molecular flexibility index (Phi) is 2.02. The lowest BCUT2D eigenvalue weighted by Crippen LogP contribution is -2.10. The molecule has 3 heteroatoms. The number of benzene rings is 1. The third kappa shape index (κ3) is 1.31. The van der Waals surface area contributed by atoms with Crippen molar-refractivity contribution in [2.45, 2.75) is 13.0 Å². The van der Waals surface area contributed by atoms with Crippen molar-refractivity contribution in [1.82, 2.24) is 9.78 Å². The summed E-state index contributed by atoms with van der Waals surface area (Å²) in [7, 11) is 0. The van der Waals surface area contributed by atoms with Gasteiger partial charge in [0.25, 0.3) is 0 Å². The van der Waals surface area contributed by atoms with E-state index in [4.69, 9.17) is 5.11 Å². The molecule has 0 amide bonds. The van der Waals surface area contributed by atoms with E-state index in [1.54, 1.807) is 0 Å². The normalized spacial score (nSPS) is 13.4. The van der Waals surface area contributed by atoms with Crippen molar-refractivity contribution >= 4 is 10.9 Å². The minimum atomic E-state index is 0.0416. The number of aromatic nitrogens is 2. The Balaban J connectivity index is 2.57. The molecule has 3 nitrogen and oxygen atoms in total. The highest BCUT2D eigenvalue weighted by Crippen LogP contribution is 2.16. The number of para-hydroxylation sites is 1. The molecular formula is C10H12N2O. The Labute approximate surface area is 76.6 Å². The van der Waals surface area contributed by atoms with Crippen LogP contribution in [0.1, 0.15) is 13.0 Å². The van der Waals surface area contributed by atoms with Crippen molar-refractivity contribution in [1.29, 1.82) is 0 Å². The molecule has 68 valence electrons. The molecule has 0 radical (unpaired) electrons. The number of hydrogen-bond donors (Lipinski definition) is 1. The molecule has 0 unspecified atom stereocenters. The first-order valence-electron chi connectivity index (χ1n) is 4.36. The summed E-state index contributed by atoms with van der Waals surface area (Å²) in [6.07, 6.45) is 1.82. The fourth-order valence-electron chi connectivity index (χ4n) is 1.42. The zero-order chi connectivity index (χ0) is 9.26. The summed E-state index contributed by atoms with van der Waals surface area (Å²) in [6.45, 7) is 2.06. The highest BCUT2D eigenvalue weighted by Gasteiger charge is 2.06. The summed E-state index contributed by atoms with van der Waals surface area (Å²) < 4.78 is 1.84. The van der Waals surface area contributed by atoms with Crippen LogP contribution in [0.5, 0.6) is 0 Å².